The maximum absolute atomic E-state index is 12.8. The zero-order valence-electron chi connectivity index (χ0n) is 34.2. The highest BCUT2D eigenvalue weighted by molar-refractivity contribution is 6.02. The Morgan fingerprint density at radius 2 is 1.16 bits per heavy atom. The molecule has 1 amide bonds. The lowest BCUT2D eigenvalue weighted by molar-refractivity contribution is 0.0508. The lowest BCUT2D eigenvalue weighted by Gasteiger charge is -2.28. The van der Waals surface area contributed by atoms with Crippen LogP contribution in [0.25, 0.3) is 5.70 Å². The van der Waals surface area contributed by atoms with E-state index >= 15 is 0 Å². The van der Waals surface area contributed by atoms with E-state index in [0.717, 1.165) is 66.6 Å². The van der Waals surface area contributed by atoms with Crippen LogP contribution in [0.15, 0.2) is 66.7 Å². The third-order valence-corrected chi connectivity index (χ3v) is 10.0. The van der Waals surface area contributed by atoms with Crippen LogP contribution in [0.5, 0.6) is 51.7 Å². The molecule has 6 rings (SSSR count). The van der Waals surface area contributed by atoms with E-state index in [1.807, 2.05) is 60.7 Å². The van der Waals surface area contributed by atoms with Gasteiger partial charge in [0.15, 0.2) is 34.5 Å². The average molecular weight is 800 g/mol. The van der Waals surface area contributed by atoms with E-state index in [1.54, 1.807) is 55.8 Å². The van der Waals surface area contributed by atoms with Crippen LogP contribution in [0.1, 0.15) is 77.8 Å². The molecule has 2 unspecified atom stereocenters. The van der Waals surface area contributed by atoms with Crippen molar-refractivity contribution in [2.24, 2.45) is 0 Å². The standard InChI is InChI=1S/C44H53N3O11/c1-49-30-15-16-32-31(25-30)44(48)46-43(45-32)27-14-17-34(36(20-27)50-2)56-18-12-10-8-9-11-13-19-57-42-39(53-5)21-28(22-40(42)54-6)33-26-35(58-47-33)29-23-37(51-3)41(55-7)38(24-29)52-4/h14-17,20-26,35,43,45,47H,8-13,18-19H2,1-7H3,(H,46,48). The van der Waals surface area contributed by atoms with Crippen molar-refractivity contribution < 1.29 is 52.3 Å². The summed E-state index contributed by atoms with van der Waals surface area (Å²) in [7, 11) is 11.1. The summed E-state index contributed by atoms with van der Waals surface area (Å²) in [6, 6.07) is 18.6. The van der Waals surface area contributed by atoms with Crippen LogP contribution in [-0.2, 0) is 4.84 Å². The Hall–Kier alpha value is -6.15. The number of hydrogen-bond donors (Lipinski definition) is 3. The van der Waals surface area contributed by atoms with E-state index in [0.29, 0.717) is 70.5 Å². The van der Waals surface area contributed by atoms with Gasteiger partial charge in [0.1, 0.15) is 18.0 Å². The molecular formula is C44H53N3O11. The van der Waals surface area contributed by atoms with Gasteiger partial charge in [-0.2, -0.15) is 0 Å². The maximum atomic E-state index is 12.8. The summed E-state index contributed by atoms with van der Waals surface area (Å²) in [5, 5.41) is 6.38. The minimum Gasteiger partial charge on any atom is -0.497 e. The third-order valence-electron chi connectivity index (χ3n) is 10.0. The molecule has 0 bridgehead atoms. The minimum absolute atomic E-state index is 0.174. The van der Waals surface area contributed by atoms with Crippen molar-refractivity contribution in [3.63, 3.8) is 0 Å². The van der Waals surface area contributed by atoms with Crippen LogP contribution in [0.4, 0.5) is 5.69 Å². The molecule has 2 aliphatic heterocycles. The minimum atomic E-state index is -0.409. The van der Waals surface area contributed by atoms with E-state index in [1.165, 1.54) is 0 Å². The highest BCUT2D eigenvalue weighted by Gasteiger charge is 2.27. The SMILES string of the molecule is COc1ccc2c(c1)C(=O)NC(c1ccc(OCCCCCCCCOc3c(OC)cc(C4=CC(c5cc(OC)c(OC)c(OC)c5)ON4)cc3OC)c(OC)c1)N2. The zero-order chi connectivity index (χ0) is 41.0. The summed E-state index contributed by atoms with van der Waals surface area (Å²) < 4.78 is 51.1. The first-order valence-corrected chi connectivity index (χ1v) is 19.2. The molecular weight excluding hydrogens is 746 g/mol. The first kappa shape index (κ1) is 41.5. The molecule has 4 aromatic rings. The molecule has 14 heteroatoms. The van der Waals surface area contributed by atoms with Gasteiger partial charge >= 0.3 is 0 Å². The molecule has 2 aliphatic rings. The third kappa shape index (κ3) is 9.51. The van der Waals surface area contributed by atoms with Crippen molar-refractivity contribution in [1.29, 1.82) is 0 Å². The fourth-order valence-corrected chi connectivity index (χ4v) is 6.89. The highest BCUT2D eigenvalue weighted by Crippen LogP contribution is 2.44. The van der Waals surface area contributed by atoms with Crippen LogP contribution in [0.3, 0.4) is 0 Å². The maximum Gasteiger partial charge on any atom is 0.255 e. The lowest BCUT2D eigenvalue weighted by Crippen LogP contribution is -2.38. The predicted molar refractivity (Wildman–Crippen MR) is 219 cm³/mol. The monoisotopic (exact) mass is 799 g/mol. The summed E-state index contributed by atoms with van der Waals surface area (Å²) in [6.45, 7) is 1.10. The number of hydroxylamine groups is 1. The fourth-order valence-electron chi connectivity index (χ4n) is 6.89. The summed E-state index contributed by atoms with van der Waals surface area (Å²) in [4.78, 5) is 18.7. The van der Waals surface area contributed by atoms with Gasteiger partial charge in [-0.1, -0.05) is 31.7 Å². The van der Waals surface area contributed by atoms with Crippen molar-refractivity contribution >= 4 is 17.3 Å². The predicted octanol–water partition coefficient (Wildman–Crippen LogP) is 8.02. The molecule has 0 saturated heterocycles. The number of methoxy groups -OCH3 is 7. The molecule has 0 saturated carbocycles. The van der Waals surface area contributed by atoms with Crippen LogP contribution in [0, 0.1) is 0 Å². The van der Waals surface area contributed by atoms with Crippen LogP contribution < -0.4 is 58.7 Å². The number of amides is 1. The molecule has 58 heavy (non-hydrogen) atoms. The summed E-state index contributed by atoms with van der Waals surface area (Å²) in [6.07, 6.45) is 7.19. The molecule has 0 fully saturated rings. The number of carbonyl (C=O) groups is 1. The van der Waals surface area contributed by atoms with E-state index in [9.17, 15) is 4.79 Å². The van der Waals surface area contributed by atoms with Gasteiger partial charge in [0.25, 0.3) is 5.91 Å². The second-order valence-electron chi connectivity index (χ2n) is 13.6. The van der Waals surface area contributed by atoms with E-state index < -0.39 is 12.3 Å². The number of benzene rings is 4. The molecule has 0 aliphatic carbocycles. The largest absolute Gasteiger partial charge is 0.497 e. The Kier molecular flexibility index (Phi) is 14.2. The number of anilines is 1. The normalized spacial score (nSPS) is 15.5. The first-order chi connectivity index (χ1) is 28.3. The molecule has 0 radical (unpaired) electrons. The number of fused-ring (bicyclic) bond motifs is 1. The quantitative estimate of drug-likeness (QED) is 0.0701. The highest BCUT2D eigenvalue weighted by atomic mass is 16.7. The number of nitrogens with one attached hydrogen (secondary N) is 3. The fraction of sp³-hybridized carbons (Fsp3) is 0.386. The van der Waals surface area contributed by atoms with Crippen LogP contribution >= 0.6 is 0 Å². The Bertz CT molecular complexity index is 2020. The van der Waals surface area contributed by atoms with Gasteiger partial charge in [-0.25, -0.2) is 0 Å². The van der Waals surface area contributed by atoms with Crippen LogP contribution in [0.2, 0.25) is 0 Å². The molecule has 0 spiro atoms. The number of hydrogen-bond acceptors (Lipinski definition) is 13. The van der Waals surface area contributed by atoms with Gasteiger partial charge < -0.3 is 53.3 Å². The molecule has 4 aromatic carbocycles. The van der Waals surface area contributed by atoms with E-state index in [-0.39, 0.29) is 5.91 Å². The topological polar surface area (TPSA) is 145 Å². The van der Waals surface area contributed by atoms with Crippen molar-refractivity contribution in [2.75, 3.05) is 68.3 Å². The number of carbonyl (C=O) groups excluding carboxylic acids is 1. The molecule has 310 valence electrons. The molecule has 0 aromatic heterocycles. The zero-order valence-corrected chi connectivity index (χ0v) is 34.2. The summed E-state index contributed by atoms with van der Waals surface area (Å²) in [5.74, 6) is 5.00. The number of ether oxygens (including phenoxy) is 9. The Labute approximate surface area is 339 Å². The number of rotatable bonds is 21. The van der Waals surface area contributed by atoms with Gasteiger partial charge in [-0.05, 0) is 84.6 Å². The van der Waals surface area contributed by atoms with Gasteiger partial charge in [0.05, 0.1) is 74.2 Å². The summed E-state index contributed by atoms with van der Waals surface area (Å²) in [5.41, 5.74) is 7.56. The van der Waals surface area contributed by atoms with Gasteiger partial charge in [0.2, 0.25) is 11.5 Å². The van der Waals surface area contributed by atoms with E-state index in [2.05, 4.69) is 16.1 Å². The van der Waals surface area contributed by atoms with Crippen molar-refractivity contribution in [2.45, 2.75) is 50.8 Å². The Balaban J connectivity index is 0.930. The second-order valence-corrected chi connectivity index (χ2v) is 13.6. The van der Waals surface area contributed by atoms with Gasteiger partial charge in [-0.3, -0.25) is 15.1 Å². The van der Waals surface area contributed by atoms with Crippen LogP contribution in [-0.4, -0.2) is 68.9 Å². The Morgan fingerprint density at radius 3 is 1.78 bits per heavy atom. The summed E-state index contributed by atoms with van der Waals surface area (Å²) >= 11 is 0. The molecule has 2 atom stereocenters. The second kappa shape index (κ2) is 19.8. The van der Waals surface area contributed by atoms with Gasteiger partial charge in [-0.15, -0.1) is 0 Å². The van der Waals surface area contributed by atoms with Crippen molar-refractivity contribution in [1.82, 2.24) is 10.8 Å². The first-order valence-electron chi connectivity index (χ1n) is 19.2. The molecule has 14 nitrogen and oxygen atoms in total. The Morgan fingerprint density at radius 1 is 0.552 bits per heavy atom. The van der Waals surface area contributed by atoms with Gasteiger partial charge in [0, 0.05) is 11.3 Å². The molecule has 2 heterocycles. The van der Waals surface area contributed by atoms with Crippen molar-refractivity contribution in [3.05, 3.63) is 89.0 Å². The number of unbranched alkanes of at least 4 members (excludes halogenated alkanes) is 5. The lowest BCUT2D eigenvalue weighted by atomic mass is 10.0. The molecule has 3 N–H and O–H groups in total. The smallest absolute Gasteiger partial charge is 0.255 e. The average Bonchev–Trinajstić information content (AvgIpc) is 3.76. The van der Waals surface area contributed by atoms with Crippen molar-refractivity contribution in [3.8, 4) is 51.7 Å². The van der Waals surface area contributed by atoms with E-state index in [4.69, 9.17) is 47.5 Å².